The summed E-state index contributed by atoms with van der Waals surface area (Å²) in [6.45, 7) is 4.38. The highest BCUT2D eigenvalue weighted by Crippen LogP contribution is 2.16. The summed E-state index contributed by atoms with van der Waals surface area (Å²) < 4.78 is 0. The molecule has 2 rings (SSSR count). The van der Waals surface area contributed by atoms with E-state index >= 15 is 0 Å². The molecule has 0 radical (unpaired) electrons. The van der Waals surface area contributed by atoms with Gasteiger partial charge >= 0.3 is 0 Å². The van der Waals surface area contributed by atoms with Gasteiger partial charge in [-0.3, -0.25) is 14.4 Å². The molecule has 0 heterocycles. The van der Waals surface area contributed by atoms with E-state index in [4.69, 9.17) is 0 Å². The first-order chi connectivity index (χ1) is 13.5. The Morgan fingerprint density at radius 2 is 1.75 bits per heavy atom. The van der Waals surface area contributed by atoms with Crippen LogP contribution in [0.25, 0.3) is 10.8 Å². The van der Waals surface area contributed by atoms with Crippen LogP contribution in [0.2, 0.25) is 0 Å². The molecule has 0 bridgehead atoms. The summed E-state index contributed by atoms with van der Waals surface area (Å²) in [6.07, 6.45) is 4.18. The average molecular weight is 383 g/mol. The molecule has 5 nitrogen and oxygen atoms in total. The fraction of sp³-hybridized carbons (Fsp3) is 0.435. The Kier molecular flexibility index (Phi) is 8.66. The molecule has 2 aromatic rings. The first-order valence-electron chi connectivity index (χ1n) is 9.99. The average Bonchev–Trinajstić information content (AvgIpc) is 2.69. The van der Waals surface area contributed by atoms with E-state index in [9.17, 15) is 14.4 Å². The minimum atomic E-state index is -0.596. The van der Waals surface area contributed by atoms with Crippen molar-refractivity contribution in [3.05, 3.63) is 48.0 Å². The summed E-state index contributed by atoms with van der Waals surface area (Å²) in [7, 11) is 0. The monoisotopic (exact) mass is 382 g/mol. The Hall–Kier alpha value is -2.69. The predicted molar refractivity (Wildman–Crippen MR) is 112 cm³/mol. The summed E-state index contributed by atoms with van der Waals surface area (Å²) in [5.41, 5.74) is 1.00. The van der Waals surface area contributed by atoms with Crippen LogP contribution < -0.4 is 10.6 Å². The zero-order valence-electron chi connectivity index (χ0n) is 16.7. The van der Waals surface area contributed by atoms with Crippen LogP contribution in [-0.2, 0) is 20.8 Å². The lowest BCUT2D eigenvalue weighted by atomic mass is 10.0. The Bertz CT molecular complexity index is 801. The van der Waals surface area contributed by atoms with Gasteiger partial charge in [0.2, 0.25) is 12.3 Å². The maximum Gasteiger partial charge on any atom is 0.242 e. The van der Waals surface area contributed by atoms with Gasteiger partial charge in [0.15, 0.2) is 0 Å². The van der Waals surface area contributed by atoms with Crippen LogP contribution in [-0.4, -0.2) is 30.7 Å². The normalized spacial score (nSPS) is 12.0. The number of carbonyl (C=O) groups excluding carboxylic acids is 3. The van der Waals surface area contributed by atoms with Crippen LogP contribution >= 0.6 is 0 Å². The molecule has 1 atom stereocenters. The molecule has 2 N–H and O–H groups in total. The molecule has 0 saturated heterocycles. The number of nitrogens with one attached hydrogen (secondary N) is 2. The Morgan fingerprint density at radius 1 is 1.00 bits per heavy atom. The minimum absolute atomic E-state index is 0.0879. The molecule has 2 aromatic carbocycles. The summed E-state index contributed by atoms with van der Waals surface area (Å²) in [5.74, 6) is 0.193. The highest BCUT2D eigenvalue weighted by atomic mass is 16.2. The van der Waals surface area contributed by atoms with Gasteiger partial charge in [0, 0.05) is 25.3 Å². The number of ketones is 1. The number of Topliss-reactive ketones (excluding diaryl/α,β-unsaturated/α-hetero) is 1. The molecule has 0 aromatic heterocycles. The highest BCUT2D eigenvalue weighted by molar-refractivity contribution is 5.85. The van der Waals surface area contributed by atoms with E-state index in [1.165, 1.54) is 0 Å². The van der Waals surface area contributed by atoms with Crippen molar-refractivity contribution < 1.29 is 14.4 Å². The van der Waals surface area contributed by atoms with Crippen LogP contribution in [0.1, 0.15) is 45.1 Å². The van der Waals surface area contributed by atoms with Gasteiger partial charge in [-0.25, -0.2) is 0 Å². The summed E-state index contributed by atoms with van der Waals surface area (Å²) in [6, 6.07) is 13.5. The minimum Gasteiger partial charge on any atom is -0.354 e. The van der Waals surface area contributed by atoms with E-state index in [1.807, 2.05) is 56.3 Å². The van der Waals surface area contributed by atoms with Crippen LogP contribution in [0.3, 0.4) is 0 Å². The van der Waals surface area contributed by atoms with Crippen molar-refractivity contribution in [1.82, 2.24) is 10.6 Å². The van der Waals surface area contributed by atoms with Gasteiger partial charge in [0.1, 0.15) is 11.8 Å². The number of rotatable bonds is 12. The summed E-state index contributed by atoms with van der Waals surface area (Å²) in [4.78, 5) is 35.0. The van der Waals surface area contributed by atoms with Gasteiger partial charge in [0.25, 0.3) is 0 Å². The molecule has 0 aliphatic rings. The van der Waals surface area contributed by atoms with Crippen molar-refractivity contribution in [1.29, 1.82) is 0 Å². The van der Waals surface area contributed by atoms with Gasteiger partial charge in [-0.05, 0) is 29.2 Å². The van der Waals surface area contributed by atoms with Crippen molar-refractivity contribution >= 4 is 28.9 Å². The number of hydrogen-bond donors (Lipinski definition) is 2. The smallest absolute Gasteiger partial charge is 0.242 e. The Labute approximate surface area is 166 Å². The second kappa shape index (κ2) is 11.2. The quantitative estimate of drug-likeness (QED) is 0.436. The lowest BCUT2D eigenvalue weighted by molar-refractivity contribution is -0.125. The zero-order chi connectivity index (χ0) is 20.4. The molecule has 5 heteroatoms. The molecule has 0 saturated carbocycles. The van der Waals surface area contributed by atoms with Crippen molar-refractivity contribution in [2.45, 2.75) is 52.0 Å². The number of hydrogen-bond acceptors (Lipinski definition) is 3. The third kappa shape index (κ3) is 6.80. The second-order valence-corrected chi connectivity index (χ2v) is 7.45. The molecule has 2 amide bonds. The van der Waals surface area contributed by atoms with Gasteiger partial charge in [0.05, 0.1) is 0 Å². The molecule has 0 spiro atoms. The third-order valence-electron chi connectivity index (χ3n) is 4.88. The van der Waals surface area contributed by atoms with Crippen molar-refractivity contribution in [3.63, 3.8) is 0 Å². The third-order valence-corrected chi connectivity index (χ3v) is 4.88. The van der Waals surface area contributed by atoms with Gasteiger partial charge in [-0.2, -0.15) is 0 Å². The first-order valence-corrected chi connectivity index (χ1v) is 9.99. The largest absolute Gasteiger partial charge is 0.354 e. The first kappa shape index (κ1) is 21.6. The Balaban J connectivity index is 1.80. The van der Waals surface area contributed by atoms with E-state index in [2.05, 4.69) is 10.6 Å². The van der Waals surface area contributed by atoms with E-state index in [0.717, 1.165) is 35.6 Å². The van der Waals surface area contributed by atoms with Crippen LogP contribution in [0.5, 0.6) is 0 Å². The molecule has 0 aliphatic carbocycles. The topological polar surface area (TPSA) is 75.3 Å². The standard InChI is InChI=1S/C23H30N2O3/c1-17(2)22(27)10-4-3-7-13-24-23(28)21(25-16-26)15-18-11-12-19-8-5-6-9-20(19)14-18/h5-6,8-9,11-12,14,16-17,21H,3-4,7,10,13,15H2,1-2H3,(H,24,28)(H,25,26)/t21-/m0/s1. The lowest BCUT2D eigenvalue weighted by Crippen LogP contribution is -2.45. The molecule has 28 heavy (non-hydrogen) atoms. The van der Waals surface area contributed by atoms with Gasteiger partial charge < -0.3 is 10.6 Å². The van der Waals surface area contributed by atoms with Crippen LogP contribution in [0.4, 0.5) is 0 Å². The summed E-state index contributed by atoms with van der Waals surface area (Å²) in [5, 5.41) is 7.77. The number of unbranched alkanes of at least 4 members (excludes halogenated alkanes) is 2. The van der Waals surface area contributed by atoms with Crippen LogP contribution in [0.15, 0.2) is 42.5 Å². The molecular weight excluding hydrogens is 352 g/mol. The van der Waals surface area contributed by atoms with Crippen LogP contribution in [0, 0.1) is 5.92 Å². The van der Waals surface area contributed by atoms with Crippen molar-refractivity contribution in [2.24, 2.45) is 5.92 Å². The molecular formula is C23H30N2O3. The fourth-order valence-corrected chi connectivity index (χ4v) is 3.14. The maximum atomic E-state index is 12.4. The van der Waals surface area contributed by atoms with Crippen molar-refractivity contribution in [2.75, 3.05) is 6.54 Å². The Morgan fingerprint density at radius 3 is 2.46 bits per heavy atom. The van der Waals surface area contributed by atoms with Gasteiger partial charge in [-0.1, -0.05) is 62.7 Å². The van der Waals surface area contributed by atoms with E-state index in [0.29, 0.717) is 25.8 Å². The van der Waals surface area contributed by atoms with E-state index in [-0.39, 0.29) is 17.6 Å². The molecule has 0 aliphatic heterocycles. The number of fused-ring (bicyclic) bond motifs is 1. The number of benzene rings is 2. The summed E-state index contributed by atoms with van der Waals surface area (Å²) >= 11 is 0. The molecule has 0 unspecified atom stereocenters. The lowest BCUT2D eigenvalue weighted by Gasteiger charge is -2.16. The van der Waals surface area contributed by atoms with E-state index < -0.39 is 6.04 Å². The highest BCUT2D eigenvalue weighted by Gasteiger charge is 2.18. The number of amides is 2. The molecule has 0 fully saturated rings. The van der Waals surface area contributed by atoms with E-state index in [1.54, 1.807) is 0 Å². The second-order valence-electron chi connectivity index (χ2n) is 7.45. The number of carbonyl (C=O) groups is 3. The zero-order valence-corrected chi connectivity index (χ0v) is 16.7. The van der Waals surface area contributed by atoms with Gasteiger partial charge in [-0.15, -0.1) is 0 Å². The predicted octanol–water partition coefficient (Wildman–Crippen LogP) is 3.40. The maximum absolute atomic E-state index is 12.4. The fourth-order valence-electron chi connectivity index (χ4n) is 3.14. The SMILES string of the molecule is CC(C)C(=O)CCCCCNC(=O)[C@H](Cc1ccc2ccccc2c1)NC=O. The molecule has 150 valence electrons. The van der Waals surface area contributed by atoms with Crippen molar-refractivity contribution in [3.8, 4) is 0 Å².